The number of halogens is 3. The Morgan fingerprint density at radius 2 is 2.05 bits per heavy atom. The molecule has 1 aromatic rings. The molecule has 1 N–H and O–H groups in total. The lowest BCUT2D eigenvalue weighted by Gasteiger charge is -2.39. The van der Waals surface area contributed by atoms with Crippen LogP contribution in [-0.4, -0.2) is 25.8 Å². The fourth-order valence-corrected chi connectivity index (χ4v) is 3.07. The number of rotatable bonds is 3. The monoisotopic (exact) mass is 287 g/mol. The quantitative estimate of drug-likeness (QED) is 0.917. The molecule has 0 aromatic heterocycles. The molecule has 0 amide bonds. The smallest absolute Gasteiger partial charge is 0.383 e. The van der Waals surface area contributed by atoms with E-state index in [2.05, 4.69) is 5.32 Å². The van der Waals surface area contributed by atoms with Gasteiger partial charge in [0.15, 0.2) is 0 Å². The van der Waals surface area contributed by atoms with Crippen LogP contribution in [0.5, 0.6) is 0 Å². The van der Waals surface area contributed by atoms with Crippen molar-refractivity contribution in [2.75, 3.05) is 20.3 Å². The Morgan fingerprint density at radius 3 is 2.70 bits per heavy atom. The molecule has 20 heavy (non-hydrogen) atoms. The van der Waals surface area contributed by atoms with Gasteiger partial charge < -0.3 is 10.1 Å². The number of hydrogen-bond acceptors (Lipinski definition) is 2. The van der Waals surface area contributed by atoms with Crippen LogP contribution in [0.25, 0.3) is 0 Å². The van der Waals surface area contributed by atoms with Crippen LogP contribution < -0.4 is 5.32 Å². The van der Waals surface area contributed by atoms with Crippen LogP contribution in [0.1, 0.15) is 36.8 Å². The number of benzene rings is 1. The number of hydrogen-bond donors (Lipinski definition) is 1. The van der Waals surface area contributed by atoms with Crippen molar-refractivity contribution in [3.63, 3.8) is 0 Å². The molecule has 2 unspecified atom stereocenters. The minimum absolute atomic E-state index is 0.0887. The van der Waals surface area contributed by atoms with Gasteiger partial charge in [-0.1, -0.05) is 18.2 Å². The molecule has 0 aliphatic carbocycles. The van der Waals surface area contributed by atoms with E-state index < -0.39 is 11.7 Å². The molecule has 0 spiro atoms. The van der Waals surface area contributed by atoms with E-state index >= 15 is 0 Å². The van der Waals surface area contributed by atoms with Gasteiger partial charge in [-0.2, -0.15) is 13.2 Å². The van der Waals surface area contributed by atoms with Crippen molar-refractivity contribution in [2.45, 2.75) is 37.4 Å². The minimum atomic E-state index is -4.29. The van der Waals surface area contributed by atoms with E-state index in [-0.39, 0.29) is 11.5 Å². The lowest BCUT2D eigenvalue weighted by Crippen LogP contribution is -2.51. The van der Waals surface area contributed by atoms with Gasteiger partial charge in [-0.25, -0.2) is 0 Å². The van der Waals surface area contributed by atoms with E-state index in [1.54, 1.807) is 19.2 Å². The van der Waals surface area contributed by atoms with Crippen molar-refractivity contribution in [1.29, 1.82) is 0 Å². The van der Waals surface area contributed by atoms with Crippen LogP contribution in [0, 0.1) is 0 Å². The Bertz CT molecular complexity index is 457. The lowest BCUT2D eigenvalue weighted by atomic mass is 9.78. The summed E-state index contributed by atoms with van der Waals surface area (Å²) in [4.78, 5) is 0. The molecule has 5 heteroatoms. The number of nitrogens with one attached hydrogen (secondary N) is 1. The SMILES string of the molecule is COCC1(C)CC(c2ccccc2C(F)(F)F)CCN1. The fraction of sp³-hybridized carbons (Fsp3) is 0.600. The molecule has 1 saturated heterocycles. The summed E-state index contributed by atoms with van der Waals surface area (Å²) in [5.41, 5.74) is -0.369. The standard InChI is InChI=1S/C15H20F3NO/c1-14(10-20-2)9-11(7-8-19-14)12-5-3-4-6-13(12)15(16,17)18/h3-6,11,19H,7-10H2,1-2H3. The van der Waals surface area contributed by atoms with E-state index in [9.17, 15) is 13.2 Å². The third kappa shape index (κ3) is 3.33. The van der Waals surface area contributed by atoms with Crippen molar-refractivity contribution in [3.05, 3.63) is 35.4 Å². The summed E-state index contributed by atoms with van der Waals surface area (Å²) in [6.45, 7) is 3.20. The van der Waals surface area contributed by atoms with Gasteiger partial charge >= 0.3 is 6.18 Å². The van der Waals surface area contributed by atoms with Crippen molar-refractivity contribution in [3.8, 4) is 0 Å². The van der Waals surface area contributed by atoms with Crippen LogP contribution >= 0.6 is 0 Å². The van der Waals surface area contributed by atoms with Gasteiger partial charge in [-0.15, -0.1) is 0 Å². The molecule has 2 atom stereocenters. The van der Waals surface area contributed by atoms with Gasteiger partial charge in [0.1, 0.15) is 0 Å². The predicted molar refractivity (Wildman–Crippen MR) is 71.7 cm³/mol. The first-order chi connectivity index (χ1) is 9.36. The third-order valence-electron chi connectivity index (χ3n) is 3.91. The molecule has 1 aliphatic rings. The minimum Gasteiger partial charge on any atom is -0.383 e. The number of piperidine rings is 1. The molecule has 0 saturated carbocycles. The molecule has 2 nitrogen and oxygen atoms in total. The Morgan fingerprint density at radius 1 is 1.35 bits per heavy atom. The van der Waals surface area contributed by atoms with Crippen molar-refractivity contribution in [1.82, 2.24) is 5.32 Å². The van der Waals surface area contributed by atoms with E-state index in [4.69, 9.17) is 4.74 Å². The maximum Gasteiger partial charge on any atom is 0.416 e. The summed E-state index contributed by atoms with van der Waals surface area (Å²) in [5.74, 6) is -0.0887. The Balaban J connectivity index is 2.28. The predicted octanol–water partition coefficient (Wildman–Crippen LogP) is 3.58. The number of alkyl halides is 3. The molecule has 1 fully saturated rings. The average molecular weight is 287 g/mol. The van der Waals surface area contributed by atoms with Gasteiger partial charge in [0.05, 0.1) is 12.2 Å². The van der Waals surface area contributed by atoms with Gasteiger partial charge in [0.2, 0.25) is 0 Å². The van der Waals surface area contributed by atoms with E-state index in [0.29, 0.717) is 31.6 Å². The summed E-state index contributed by atoms with van der Waals surface area (Å²) in [6.07, 6.45) is -2.93. The highest BCUT2D eigenvalue weighted by Crippen LogP contribution is 2.40. The topological polar surface area (TPSA) is 21.3 Å². The fourth-order valence-electron chi connectivity index (χ4n) is 3.07. The van der Waals surface area contributed by atoms with Crippen molar-refractivity contribution in [2.24, 2.45) is 0 Å². The van der Waals surface area contributed by atoms with Crippen LogP contribution in [-0.2, 0) is 10.9 Å². The Kier molecular flexibility index (Phi) is 4.39. The van der Waals surface area contributed by atoms with Gasteiger partial charge in [-0.3, -0.25) is 0 Å². The number of methoxy groups -OCH3 is 1. The zero-order valence-electron chi connectivity index (χ0n) is 11.8. The summed E-state index contributed by atoms with van der Waals surface area (Å²) < 4.78 is 44.5. The summed E-state index contributed by atoms with van der Waals surface area (Å²) in [7, 11) is 1.61. The second-order valence-electron chi connectivity index (χ2n) is 5.70. The molecule has 0 bridgehead atoms. The van der Waals surface area contributed by atoms with E-state index in [1.165, 1.54) is 12.1 Å². The van der Waals surface area contributed by atoms with Crippen LogP contribution in [0.3, 0.4) is 0 Å². The van der Waals surface area contributed by atoms with Crippen molar-refractivity contribution < 1.29 is 17.9 Å². The summed E-state index contributed by atoms with van der Waals surface area (Å²) in [5, 5.41) is 3.35. The molecular weight excluding hydrogens is 267 g/mol. The second kappa shape index (κ2) is 5.74. The Hall–Kier alpha value is -1.07. The molecule has 112 valence electrons. The summed E-state index contributed by atoms with van der Waals surface area (Å²) >= 11 is 0. The first-order valence-corrected chi connectivity index (χ1v) is 6.76. The first kappa shape index (κ1) is 15.3. The van der Waals surface area contributed by atoms with Gasteiger partial charge in [0.25, 0.3) is 0 Å². The number of ether oxygens (including phenoxy) is 1. The highest BCUT2D eigenvalue weighted by molar-refractivity contribution is 5.33. The molecule has 1 heterocycles. The molecule has 2 rings (SSSR count). The molecule has 1 aliphatic heterocycles. The van der Waals surface area contributed by atoms with E-state index in [1.807, 2.05) is 6.92 Å². The molecule has 0 radical (unpaired) electrons. The Labute approximate surface area is 117 Å². The third-order valence-corrected chi connectivity index (χ3v) is 3.91. The van der Waals surface area contributed by atoms with E-state index in [0.717, 1.165) is 0 Å². The summed E-state index contributed by atoms with van der Waals surface area (Å²) in [6, 6.07) is 5.90. The van der Waals surface area contributed by atoms with Crippen LogP contribution in [0.15, 0.2) is 24.3 Å². The van der Waals surface area contributed by atoms with Crippen LogP contribution in [0.2, 0.25) is 0 Å². The van der Waals surface area contributed by atoms with Crippen LogP contribution in [0.4, 0.5) is 13.2 Å². The zero-order chi connectivity index (χ0) is 14.8. The molecule has 1 aromatic carbocycles. The maximum atomic E-state index is 13.1. The second-order valence-corrected chi connectivity index (χ2v) is 5.70. The normalized spacial score (nSPS) is 27.6. The molecular formula is C15H20F3NO. The highest BCUT2D eigenvalue weighted by Gasteiger charge is 2.38. The highest BCUT2D eigenvalue weighted by atomic mass is 19.4. The maximum absolute atomic E-state index is 13.1. The largest absolute Gasteiger partial charge is 0.416 e. The average Bonchev–Trinajstić information content (AvgIpc) is 2.38. The van der Waals surface area contributed by atoms with Crippen molar-refractivity contribution >= 4 is 0 Å². The van der Waals surface area contributed by atoms with Gasteiger partial charge in [-0.05, 0) is 43.9 Å². The first-order valence-electron chi connectivity index (χ1n) is 6.76. The van der Waals surface area contributed by atoms with Gasteiger partial charge in [0, 0.05) is 12.6 Å². The zero-order valence-corrected chi connectivity index (χ0v) is 11.8. The lowest BCUT2D eigenvalue weighted by molar-refractivity contribution is -0.138.